The van der Waals surface area contributed by atoms with Crippen molar-refractivity contribution in [2.24, 2.45) is 0 Å². The van der Waals surface area contributed by atoms with Crippen molar-refractivity contribution in [2.45, 2.75) is 64.3 Å². The van der Waals surface area contributed by atoms with Gasteiger partial charge in [-0.3, -0.25) is 0 Å². The van der Waals surface area contributed by atoms with Crippen molar-refractivity contribution in [3.05, 3.63) is 12.2 Å². The van der Waals surface area contributed by atoms with Crippen molar-refractivity contribution in [1.82, 2.24) is 0 Å². The maximum Gasteiger partial charge on any atom is 0.192 e. The van der Waals surface area contributed by atoms with Gasteiger partial charge >= 0.3 is 0 Å². The number of allylic oxidation sites excluding steroid dienone is 1. The van der Waals surface area contributed by atoms with Gasteiger partial charge in [0.25, 0.3) is 0 Å². The van der Waals surface area contributed by atoms with Gasteiger partial charge in [0.1, 0.15) is 0 Å². The van der Waals surface area contributed by atoms with Crippen molar-refractivity contribution >= 4 is 8.32 Å². The summed E-state index contributed by atoms with van der Waals surface area (Å²) >= 11 is 0. The van der Waals surface area contributed by atoms with E-state index in [-0.39, 0.29) is 0 Å². The van der Waals surface area contributed by atoms with Crippen molar-refractivity contribution in [2.75, 3.05) is 0 Å². The molecule has 0 unspecified atom stereocenters. The van der Waals surface area contributed by atoms with Crippen LogP contribution in [0.5, 0.6) is 0 Å². The van der Waals surface area contributed by atoms with Gasteiger partial charge in [0, 0.05) is 0 Å². The van der Waals surface area contributed by atoms with E-state index < -0.39 is 8.32 Å². The molecule has 0 radical (unpaired) electrons. The van der Waals surface area contributed by atoms with Crippen molar-refractivity contribution in [3.63, 3.8) is 0 Å². The molecule has 0 amide bonds. The van der Waals surface area contributed by atoms with Crippen molar-refractivity contribution in [1.29, 1.82) is 0 Å². The first kappa shape index (κ1) is 12.0. The van der Waals surface area contributed by atoms with Gasteiger partial charge in [-0.2, -0.15) is 0 Å². The summed E-state index contributed by atoms with van der Waals surface area (Å²) in [6, 6.07) is 0. The lowest BCUT2D eigenvalue weighted by Gasteiger charge is -2.39. The molecule has 0 aliphatic heterocycles. The molecule has 0 aromatic carbocycles. The zero-order valence-corrected chi connectivity index (χ0v) is 11.3. The highest BCUT2D eigenvalue weighted by atomic mass is 28.4. The Labute approximate surface area is 89.7 Å². The second kappa shape index (κ2) is 4.19. The Kier molecular flexibility index (Phi) is 3.59. The Morgan fingerprint density at radius 3 is 2.36 bits per heavy atom. The monoisotopic (exact) mass is 212 g/mol. The van der Waals surface area contributed by atoms with E-state index in [0.717, 1.165) is 0 Å². The molecule has 0 saturated carbocycles. The minimum absolute atomic E-state index is 0.332. The minimum atomic E-state index is -1.54. The summed E-state index contributed by atoms with van der Waals surface area (Å²) < 4.78 is 6.30. The van der Waals surface area contributed by atoms with Crippen LogP contribution in [0.25, 0.3) is 0 Å². The molecule has 82 valence electrons. The van der Waals surface area contributed by atoms with E-state index >= 15 is 0 Å². The highest BCUT2D eigenvalue weighted by molar-refractivity contribution is 6.74. The SMILES string of the molecule is CC(C)(C)[Si](C)(C)O[C@@H]1C=CCCC1. The standard InChI is InChI=1S/C12H24OSi/c1-12(2,3)14(4,5)13-11-9-7-6-8-10-11/h7,9,11H,6,8,10H2,1-5H3/t11-/m1/s1. The van der Waals surface area contributed by atoms with Gasteiger partial charge in [0.2, 0.25) is 0 Å². The second-order valence-electron chi connectivity index (χ2n) is 5.78. The highest BCUT2D eigenvalue weighted by Crippen LogP contribution is 2.38. The summed E-state index contributed by atoms with van der Waals surface area (Å²) in [5.41, 5.74) is 0. The molecule has 0 saturated heterocycles. The Bertz CT molecular complexity index is 213. The molecule has 0 spiro atoms. The quantitative estimate of drug-likeness (QED) is 0.494. The van der Waals surface area contributed by atoms with Gasteiger partial charge in [0.15, 0.2) is 8.32 Å². The number of rotatable bonds is 2. The molecule has 1 atom stereocenters. The molecule has 0 fully saturated rings. The summed E-state index contributed by atoms with van der Waals surface area (Å²) in [6.45, 7) is 11.5. The van der Waals surface area contributed by atoms with Crippen LogP contribution >= 0.6 is 0 Å². The fourth-order valence-corrected chi connectivity index (χ4v) is 2.74. The second-order valence-corrected chi connectivity index (χ2v) is 10.5. The smallest absolute Gasteiger partial charge is 0.192 e. The molecule has 1 rings (SSSR count). The van der Waals surface area contributed by atoms with Gasteiger partial charge in [0.05, 0.1) is 6.10 Å². The lowest BCUT2D eigenvalue weighted by atomic mass is 10.1. The van der Waals surface area contributed by atoms with Crippen molar-refractivity contribution in [3.8, 4) is 0 Å². The Balaban J connectivity index is 2.58. The van der Waals surface area contributed by atoms with Crippen LogP contribution in [0.4, 0.5) is 0 Å². The molecule has 0 aromatic rings. The molecular formula is C12H24OSi. The zero-order chi connectivity index (χ0) is 10.8. The van der Waals surface area contributed by atoms with Crippen LogP contribution < -0.4 is 0 Å². The molecule has 1 nitrogen and oxygen atoms in total. The lowest BCUT2D eigenvalue weighted by Crippen LogP contribution is -2.43. The molecule has 0 bridgehead atoms. The predicted octanol–water partition coefficient (Wildman–Crippen LogP) is 4.12. The van der Waals surface area contributed by atoms with Gasteiger partial charge in [-0.25, -0.2) is 0 Å². The van der Waals surface area contributed by atoms with Crippen LogP contribution in [0.15, 0.2) is 12.2 Å². The molecule has 1 aliphatic rings. The first-order chi connectivity index (χ1) is 6.33. The third kappa shape index (κ3) is 2.96. The molecule has 0 aromatic heterocycles. The van der Waals surface area contributed by atoms with Gasteiger partial charge < -0.3 is 4.43 Å². The van der Waals surface area contributed by atoms with E-state index in [1.54, 1.807) is 0 Å². The lowest BCUT2D eigenvalue weighted by molar-refractivity contribution is 0.207. The van der Waals surface area contributed by atoms with Gasteiger partial charge in [-0.15, -0.1) is 0 Å². The maximum atomic E-state index is 6.30. The third-order valence-corrected chi connectivity index (χ3v) is 7.97. The Morgan fingerprint density at radius 2 is 1.93 bits per heavy atom. The average molecular weight is 212 g/mol. The minimum Gasteiger partial charge on any atom is -0.411 e. The van der Waals surface area contributed by atoms with E-state index in [0.29, 0.717) is 11.1 Å². The van der Waals surface area contributed by atoms with Crippen LogP contribution in [0, 0.1) is 0 Å². The van der Waals surface area contributed by atoms with Crippen LogP contribution in [0.1, 0.15) is 40.0 Å². The van der Waals surface area contributed by atoms with Gasteiger partial charge in [-0.05, 0) is 37.4 Å². The average Bonchev–Trinajstić information content (AvgIpc) is 2.03. The summed E-state index contributed by atoms with van der Waals surface area (Å²) in [7, 11) is -1.54. The molecular weight excluding hydrogens is 188 g/mol. The van der Waals surface area contributed by atoms with Crippen molar-refractivity contribution < 1.29 is 4.43 Å². The molecule has 0 heterocycles. The largest absolute Gasteiger partial charge is 0.411 e. The first-order valence-corrected chi connectivity index (χ1v) is 8.58. The van der Waals surface area contributed by atoms with Crippen LogP contribution in [-0.4, -0.2) is 14.4 Å². The molecule has 2 heteroatoms. The zero-order valence-electron chi connectivity index (χ0n) is 10.3. The number of hydrogen-bond donors (Lipinski definition) is 0. The van der Waals surface area contributed by atoms with E-state index in [1.165, 1.54) is 19.3 Å². The molecule has 1 aliphatic carbocycles. The molecule has 14 heavy (non-hydrogen) atoms. The normalized spacial score (nSPS) is 23.9. The maximum absolute atomic E-state index is 6.30. The van der Waals surface area contributed by atoms with E-state index in [1.807, 2.05) is 0 Å². The van der Waals surface area contributed by atoms with E-state index in [2.05, 4.69) is 46.0 Å². The topological polar surface area (TPSA) is 9.23 Å². The molecule has 0 N–H and O–H groups in total. The Hall–Kier alpha value is -0.0831. The highest BCUT2D eigenvalue weighted by Gasteiger charge is 2.38. The third-order valence-electron chi connectivity index (χ3n) is 3.46. The predicted molar refractivity (Wildman–Crippen MR) is 65.1 cm³/mol. The fraction of sp³-hybridized carbons (Fsp3) is 0.833. The summed E-state index contributed by atoms with van der Waals surface area (Å²) in [5, 5.41) is 0.332. The van der Waals surface area contributed by atoms with Crippen LogP contribution in [-0.2, 0) is 4.43 Å². The fourth-order valence-electron chi connectivity index (χ4n) is 1.43. The van der Waals surface area contributed by atoms with E-state index in [9.17, 15) is 0 Å². The summed E-state index contributed by atoms with van der Waals surface area (Å²) in [6.07, 6.45) is 8.64. The van der Waals surface area contributed by atoms with E-state index in [4.69, 9.17) is 4.43 Å². The van der Waals surface area contributed by atoms with Crippen LogP contribution in [0.3, 0.4) is 0 Å². The Morgan fingerprint density at radius 1 is 1.29 bits per heavy atom. The summed E-state index contributed by atoms with van der Waals surface area (Å²) in [4.78, 5) is 0. The summed E-state index contributed by atoms with van der Waals surface area (Å²) in [5.74, 6) is 0. The number of hydrogen-bond acceptors (Lipinski definition) is 1. The van der Waals surface area contributed by atoms with Gasteiger partial charge in [-0.1, -0.05) is 32.9 Å². The van der Waals surface area contributed by atoms with Crippen LogP contribution in [0.2, 0.25) is 18.1 Å². The first-order valence-electron chi connectivity index (χ1n) is 5.67.